The molecule has 0 aliphatic rings. The number of benzene rings is 1. The molecule has 1 aromatic heterocycles. The Morgan fingerprint density at radius 3 is 2.30 bits per heavy atom. The quantitative estimate of drug-likeness (QED) is 0.930. The number of amides is 1. The van der Waals surface area contributed by atoms with Gasteiger partial charge in [0.2, 0.25) is 5.76 Å². The van der Waals surface area contributed by atoms with E-state index in [4.69, 9.17) is 9.52 Å². The van der Waals surface area contributed by atoms with E-state index >= 15 is 0 Å². The van der Waals surface area contributed by atoms with Gasteiger partial charge in [-0.2, -0.15) is 0 Å². The zero-order valence-electron chi connectivity index (χ0n) is 10.7. The first-order valence-electron chi connectivity index (χ1n) is 5.80. The van der Waals surface area contributed by atoms with E-state index in [-0.39, 0.29) is 17.4 Å². The Morgan fingerprint density at radius 2 is 1.75 bits per heavy atom. The molecule has 2 rings (SSSR count). The second kappa shape index (κ2) is 5.92. The molecule has 1 heterocycles. The van der Waals surface area contributed by atoms with E-state index in [2.05, 4.69) is 15.9 Å². The van der Waals surface area contributed by atoms with Gasteiger partial charge in [0.1, 0.15) is 0 Å². The van der Waals surface area contributed by atoms with Crippen molar-refractivity contribution in [1.82, 2.24) is 4.90 Å². The molecule has 104 valence electrons. The van der Waals surface area contributed by atoms with Gasteiger partial charge in [-0.3, -0.25) is 4.79 Å². The number of nitrogens with zero attached hydrogens (tertiary/aromatic N) is 1. The summed E-state index contributed by atoms with van der Waals surface area (Å²) in [5.74, 6) is -1.78. The fourth-order valence-corrected chi connectivity index (χ4v) is 1.96. The standard InChI is InChI=1S/C14H12BrNO4/c1-16(8-9-2-4-10(15)5-3-9)13(17)11-6-7-12(20-11)14(18)19/h2-7H,8H2,1H3,(H,18,19). The van der Waals surface area contributed by atoms with Crippen LogP contribution in [0.4, 0.5) is 0 Å². The molecule has 1 N–H and O–H groups in total. The highest BCUT2D eigenvalue weighted by Crippen LogP contribution is 2.14. The van der Waals surface area contributed by atoms with E-state index in [1.165, 1.54) is 17.0 Å². The van der Waals surface area contributed by atoms with Gasteiger partial charge in [0, 0.05) is 18.1 Å². The predicted octanol–water partition coefficient (Wildman–Crippen LogP) is 3.01. The van der Waals surface area contributed by atoms with Gasteiger partial charge in [-0.15, -0.1) is 0 Å². The highest BCUT2D eigenvalue weighted by atomic mass is 79.9. The summed E-state index contributed by atoms with van der Waals surface area (Å²) in [5, 5.41) is 8.76. The molecule has 0 aliphatic heterocycles. The second-order valence-corrected chi connectivity index (χ2v) is 5.17. The minimum absolute atomic E-state index is 0.0158. The summed E-state index contributed by atoms with van der Waals surface area (Å²) >= 11 is 3.34. The summed E-state index contributed by atoms with van der Waals surface area (Å²) in [6, 6.07) is 10.2. The van der Waals surface area contributed by atoms with Crippen molar-refractivity contribution >= 4 is 27.8 Å². The van der Waals surface area contributed by atoms with Crippen LogP contribution in [-0.2, 0) is 6.54 Å². The van der Waals surface area contributed by atoms with Crippen LogP contribution in [0.25, 0.3) is 0 Å². The normalized spacial score (nSPS) is 10.3. The third-order valence-electron chi connectivity index (χ3n) is 2.71. The van der Waals surface area contributed by atoms with Crippen molar-refractivity contribution in [3.63, 3.8) is 0 Å². The molecule has 0 unspecified atom stereocenters. The average molecular weight is 338 g/mol. The van der Waals surface area contributed by atoms with Crippen molar-refractivity contribution in [3.8, 4) is 0 Å². The van der Waals surface area contributed by atoms with Crippen LogP contribution < -0.4 is 0 Å². The second-order valence-electron chi connectivity index (χ2n) is 4.26. The van der Waals surface area contributed by atoms with E-state index in [1.807, 2.05) is 24.3 Å². The number of carboxylic acids is 1. The maximum atomic E-state index is 12.1. The molecule has 0 bridgehead atoms. The zero-order chi connectivity index (χ0) is 14.7. The highest BCUT2D eigenvalue weighted by molar-refractivity contribution is 9.10. The number of aromatic carboxylic acids is 1. The highest BCUT2D eigenvalue weighted by Gasteiger charge is 2.18. The number of hydrogen-bond donors (Lipinski definition) is 1. The molecule has 0 saturated heterocycles. The van der Waals surface area contributed by atoms with E-state index < -0.39 is 5.97 Å². The van der Waals surface area contributed by atoms with Crippen molar-refractivity contribution in [2.45, 2.75) is 6.54 Å². The van der Waals surface area contributed by atoms with Crippen LogP contribution >= 0.6 is 15.9 Å². The predicted molar refractivity (Wildman–Crippen MR) is 75.6 cm³/mol. The van der Waals surface area contributed by atoms with Gasteiger partial charge >= 0.3 is 5.97 Å². The smallest absolute Gasteiger partial charge is 0.371 e. The van der Waals surface area contributed by atoms with E-state index in [0.29, 0.717) is 6.54 Å². The maximum absolute atomic E-state index is 12.1. The van der Waals surface area contributed by atoms with Crippen molar-refractivity contribution in [2.75, 3.05) is 7.05 Å². The molecule has 0 radical (unpaired) electrons. The Hall–Kier alpha value is -2.08. The van der Waals surface area contributed by atoms with Gasteiger partial charge < -0.3 is 14.4 Å². The third kappa shape index (κ3) is 3.27. The number of carbonyl (C=O) groups is 2. The molecular formula is C14H12BrNO4. The summed E-state index contributed by atoms with van der Waals surface area (Å²) in [5.41, 5.74) is 0.967. The van der Waals surface area contributed by atoms with E-state index in [0.717, 1.165) is 10.0 Å². The molecule has 0 saturated carbocycles. The van der Waals surface area contributed by atoms with Crippen LogP contribution in [0.5, 0.6) is 0 Å². The molecule has 0 fully saturated rings. The summed E-state index contributed by atoms with van der Waals surface area (Å²) in [4.78, 5) is 24.3. The third-order valence-corrected chi connectivity index (χ3v) is 3.24. The number of hydrogen-bond acceptors (Lipinski definition) is 3. The molecule has 0 spiro atoms. The molecule has 1 amide bonds. The number of halogens is 1. The van der Waals surface area contributed by atoms with Crippen molar-refractivity contribution in [3.05, 3.63) is 58.0 Å². The molecular weight excluding hydrogens is 326 g/mol. The topological polar surface area (TPSA) is 70.8 Å². The van der Waals surface area contributed by atoms with Crippen LogP contribution in [-0.4, -0.2) is 28.9 Å². The molecule has 20 heavy (non-hydrogen) atoms. The van der Waals surface area contributed by atoms with Crippen LogP contribution in [0.15, 0.2) is 45.3 Å². The van der Waals surface area contributed by atoms with Crippen LogP contribution in [0.3, 0.4) is 0 Å². The lowest BCUT2D eigenvalue weighted by molar-refractivity contribution is 0.0653. The first-order valence-corrected chi connectivity index (χ1v) is 6.59. The molecule has 1 aromatic carbocycles. The lowest BCUT2D eigenvalue weighted by Gasteiger charge is -2.15. The molecule has 6 heteroatoms. The van der Waals surface area contributed by atoms with Crippen molar-refractivity contribution in [2.24, 2.45) is 0 Å². The van der Waals surface area contributed by atoms with Gasteiger partial charge in [0.05, 0.1) is 0 Å². The van der Waals surface area contributed by atoms with Gasteiger partial charge in [-0.1, -0.05) is 28.1 Å². The van der Waals surface area contributed by atoms with Crippen molar-refractivity contribution < 1.29 is 19.1 Å². The van der Waals surface area contributed by atoms with E-state index in [1.54, 1.807) is 7.05 Å². The lowest BCUT2D eigenvalue weighted by Crippen LogP contribution is -2.25. The Labute approximate surface area is 123 Å². The maximum Gasteiger partial charge on any atom is 0.371 e. The Bertz CT molecular complexity index is 633. The monoisotopic (exact) mass is 337 g/mol. The SMILES string of the molecule is CN(Cc1ccc(Br)cc1)C(=O)c1ccc(C(=O)O)o1. The van der Waals surface area contributed by atoms with Gasteiger partial charge in [-0.25, -0.2) is 4.79 Å². The molecule has 0 atom stereocenters. The Balaban J connectivity index is 2.07. The van der Waals surface area contributed by atoms with Gasteiger partial charge in [0.15, 0.2) is 5.76 Å². The van der Waals surface area contributed by atoms with Crippen LogP contribution in [0.2, 0.25) is 0 Å². The largest absolute Gasteiger partial charge is 0.475 e. The minimum Gasteiger partial charge on any atom is -0.475 e. The number of carboxylic acid groups (broad SMARTS) is 1. The van der Waals surface area contributed by atoms with Crippen LogP contribution in [0.1, 0.15) is 26.7 Å². The summed E-state index contributed by atoms with van der Waals surface area (Å²) in [6.45, 7) is 0.412. The Kier molecular flexibility index (Phi) is 4.24. The summed E-state index contributed by atoms with van der Waals surface area (Å²) in [7, 11) is 1.63. The van der Waals surface area contributed by atoms with Crippen LogP contribution in [0, 0.1) is 0 Å². The minimum atomic E-state index is -1.19. The summed E-state index contributed by atoms with van der Waals surface area (Å²) < 4.78 is 5.95. The number of furan rings is 1. The molecule has 5 nitrogen and oxygen atoms in total. The first kappa shape index (κ1) is 14.3. The van der Waals surface area contributed by atoms with Gasteiger partial charge in [-0.05, 0) is 29.8 Å². The molecule has 0 aliphatic carbocycles. The van der Waals surface area contributed by atoms with E-state index in [9.17, 15) is 9.59 Å². The van der Waals surface area contributed by atoms with Crippen molar-refractivity contribution in [1.29, 1.82) is 0 Å². The number of rotatable bonds is 4. The number of carbonyl (C=O) groups excluding carboxylic acids is 1. The summed E-state index contributed by atoms with van der Waals surface area (Å²) in [6.07, 6.45) is 0. The first-order chi connectivity index (χ1) is 9.47. The van der Waals surface area contributed by atoms with Gasteiger partial charge in [0.25, 0.3) is 5.91 Å². The fraction of sp³-hybridized carbons (Fsp3) is 0.143. The average Bonchev–Trinajstić information content (AvgIpc) is 2.90. The zero-order valence-corrected chi connectivity index (χ0v) is 12.3. The molecule has 2 aromatic rings. The fourth-order valence-electron chi connectivity index (χ4n) is 1.69. The Morgan fingerprint density at radius 1 is 1.15 bits per heavy atom. The lowest BCUT2D eigenvalue weighted by atomic mass is 10.2.